The van der Waals surface area contributed by atoms with Crippen LogP contribution in [-0.2, 0) is 0 Å². The van der Waals surface area contributed by atoms with Crippen LogP contribution in [0.4, 0.5) is 0 Å². The van der Waals surface area contributed by atoms with Gasteiger partial charge >= 0.3 is 0 Å². The lowest BCUT2D eigenvalue weighted by molar-refractivity contribution is 0.0384. The van der Waals surface area contributed by atoms with Crippen LogP contribution in [0, 0.1) is 0 Å². The number of carbonyl (C=O) groups is 2. The van der Waals surface area contributed by atoms with Crippen molar-refractivity contribution in [3.8, 4) is 11.5 Å². The van der Waals surface area contributed by atoms with E-state index in [9.17, 15) is 9.59 Å². The number of rotatable bonds is 0. The van der Waals surface area contributed by atoms with Crippen molar-refractivity contribution in [2.24, 2.45) is 0 Å². The molecule has 0 aromatic heterocycles. The zero-order chi connectivity index (χ0) is 28.9. The van der Waals surface area contributed by atoms with Gasteiger partial charge in [0.2, 0.25) is 11.6 Å². The van der Waals surface area contributed by atoms with Gasteiger partial charge in [0.05, 0.1) is 11.1 Å². The fourth-order valence-corrected chi connectivity index (χ4v) is 9.06. The molecule has 6 heterocycles. The number of hydrogen-bond donors (Lipinski definition) is 0. The first-order valence-electron chi connectivity index (χ1n) is 15.9. The summed E-state index contributed by atoms with van der Waals surface area (Å²) in [4.78, 5) is 31.1. The summed E-state index contributed by atoms with van der Waals surface area (Å²) < 4.78 is 14.3. The standard InChI is InChI=1S/2C17H20BrNO2/c18-12-5-6-15-14(10-12)16(20)17(21-15)7-3-9-19-8-2-1-4-13(19)11-17;18-12-4-5-15-14(11-12)16(20)17(21-15)7-6-13-3-1-2-9-19(13)10-8-17/h5-6,10,13H,1-4,7-9,11H2;4-5,11,13H,1-3,6-10H2. The molecule has 4 saturated heterocycles. The number of nitrogens with zero attached hydrogens (tertiary/aromatic N) is 2. The van der Waals surface area contributed by atoms with E-state index >= 15 is 0 Å². The fourth-order valence-electron chi connectivity index (χ4n) is 8.34. The van der Waals surface area contributed by atoms with Gasteiger partial charge in [-0.2, -0.15) is 0 Å². The molecule has 0 radical (unpaired) electrons. The summed E-state index contributed by atoms with van der Waals surface area (Å²) in [7, 11) is 0. The largest absolute Gasteiger partial charge is 0.478 e. The number of halogens is 2. The Morgan fingerprint density at radius 1 is 0.619 bits per heavy atom. The Morgan fingerprint density at radius 3 is 1.88 bits per heavy atom. The predicted octanol–water partition coefficient (Wildman–Crippen LogP) is 7.60. The molecule has 4 fully saturated rings. The van der Waals surface area contributed by atoms with Crippen LogP contribution in [0.15, 0.2) is 45.3 Å². The first-order chi connectivity index (χ1) is 20.4. The Morgan fingerprint density at radius 2 is 1.19 bits per heavy atom. The van der Waals surface area contributed by atoms with Gasteiger partial charge in [-0.3, -0.25) is 9.59 Å². The minimum absolute atomic E-state index is 0.193. The van der Waals surface area contributed by atoms with Crippen LogP contribution >= 0.6 is 31.9 Å². The first kappa shape index (κ1) is 29.0. The minimum atomic E-state index is -0.597. The van der Waals surface area contributed by atoms with Gasteiger partial charge in [0.15, 0.2) is 11.2 Å². The number of carbonyl (C=O) groups excluding carboxylic acids is 2. The normalized spacial score (nSPS) is 32.4. The number of hydrogen-bond acceptors (Lipinski definition) is 6. The molecule has 8 heteroatoms. The lowest BCUT2D eigenvalue weighted by Crippen LogP contribution is -2.46. The smallest absolute Gasteiger partial charge is 0.210 e. The monoisotopic (exact) mass is 698 g/mol. The molecule has 0 N–H and O–H groups in total. The number of piperidine rings is 2. The van der Waals surface area contributed by atoms with Gasteiger partial charge in [0.1, 0.15) is 11.5 Å². The highest BCUT2D eigenvalue weighted by molar-refractivity contribution is 9.10. The van der Waals surface area contributed by atoms with Crippen molar-refractivity contribution in [1.29, 1.82) is 0 Å². The third-order valence-corrected chi connectivity index (χ3v) is 11.6. The molecule has 2 aromatic carbocycles. The molecular formula is C34H40Br2N2O4. The SMILES string of the molecule is O=C1c2cc(Br)ccc2OC12CCC1CCCCN1CC2.O=C1c2cc(Br)ccc2OC12CCCN1CCCCC1C2. The highest BCUT2D eigenvalue weighted by Gasteiger charge is 2.51. The van der Waals surface area contributed by atoms with E-state index in [0.717, 1.165) is 83.2 Å². The third kappa shape index (κ3) is 5.28. The molecule has 6 aliphatic rings. The summed E-state index contributed by atoms with van der Waals surface area (Å²) in [6.45, 7) is 4.48. The number of fused-ring (bicyclic) bond motifs is 4. The van der Waals surface area contributed by atoms with E-state index in [1.165, 1.54) is 51.6 Å². The topological polar surface area (TPSA) is 59.1 Å². The summed E-state index contributed by atoms with van der Waals surface area (Å²) in [5.74, 6) is 1.93. The molecule has 224 valence electrons. The summed E-state index contributed by atoms with van der Waals surface area (Å²) in [5, 5.41) is 0. The Hall–Kier alpha value is -1.74. The maximum absolute atomic E-state index is 13.0. The van der Waals surface area contributed by atoms with E-state index in [1.54, 1.807) is 0 Å². The lowest BCUT2D eigenvalue weighted by atomic mass is 9.84. The van der Waals surface area contributed by atoms with Gasteiger partial charge in [-0.15, -0.1) is 0 Å². The van der Waals surface area contributed by atoms with Gasteiger partial charge < -0.3 is 19.3 Å². The van der Waals surface area contributed by atoms with Gasteiger partial charge in [0.25, 0.3) is 0 Å². The minimum Gasteiger partial charge on any atom is -0.478 e. The number of Topliss-reactive ketones (excluding diaryl/α,β-unsaturated/α-hetero) is 2. The van der Waals surface area contributed by atoms with Gasteiger partial charge in [-0.25, -0.2) is 0 Å². The van der Waals surface area contributed by atoms with Crippen LogP contribution in [0.1, 0.15) is 97.8 Å². The molecule has 6 nitrogen and oxygen atoms in total. The Balaban J connectivity index is 0.000000137. The molecule has 0 bridgehead atoms. The molecule has 42 heavy (non-hydrogen) atoms. The quantitative estimate of drug-likeness (QED) is 0.282. The van der Waals surface area contributed by atoms with E-state index in [2.05, 4.69) is 41.7 Å². The molecule has 8 rings (SSSR count). The fraction of sp³-hybridized carbons (Fsp3) is 0.588. The van der Waals surface area contributed by atoms with Crippen molar-refractivity contribution in [1.82, 2.24) is 9.80 Å². The number of ketones is 2. The van der Waals surface area contributed by atoms with Crippen molar-refractivity contribution in [2.75, 3.05) is 26.2 Å². The van der Waals surface area contributed by atoms with Crippen LogP contribution in [0.25, 0.3) is 0 Å². The molecular weight excluding hydrogens is 660 g/mol. The van der Waals surface area contributed by atoms with Crippen LogP contribution in [0.3, 0.4) is 0 Å². The molecule has 0 amide bonds. The van der Waals surface area contributed by atoms with Crippen molar-refractivity contribution in [2.45, 2.75) is 100 Å². The molecule has 4 atom stereocenters. The third-order valence-electron chi connectivity index (χ3n) is 10.6. The van der Waals surface area contributed by atoms with Crippen LogP contribution in [-0.4, -0.2) is 70.8 Å². The van der Waals surface area contributed by atoms with Crippen molar-refractivity contribution < 1.29 is 19.1 Å². The average molecular weight is 701 g/mol. The Labute approximate surface area is 265 Å². The Kier molecular flexibility index (Phi) is 8.04. The van der Waals surface area contributed by atoms with Crippen molar-refractivity contribution in [3.05, 3.63) is 56.5 Å². The Bertz CT molecular complexity index is 1360. The van der Waals surface area contributed by atoms with Gasteiger partial charge in [-0.05, 0) is 107 Å². The summed E-state index contributed by atoms with van der Waals surface area (Å²) >= 11 is 6.91. The van der Waals surface area contributed by atoms with E-state index < -0.39 is 11.2 Å². The number of benzene rings is 2. The molecule has 0 saturated carbocycles. The van der Waals surface area contributed by atoms with Crippen LogP contribution in [0.2, 0.25) is 0 Å². The van der Waals surface area contributed by atoms with E-state index in [-0.39, 0.29) is 11.6 Å². The second-order valence-corrected chi connectivity index (χ2v) is 14.9. The summed E-state index contributed by atoms with van der Waals surface area (Å²) in [6.07, 6.45) is 13.2. The molecule has 6 aliphatic heterocycles. The predicted molar refractivity (Wildman–Crippen MR) is 170 cm³/mol. The lowest BCUT2D eigenvalue weighted by Gasteiger charge is -2.36. The van der Waals surface area contributed by atoms with E-state index in [1.807, 2.05) is 36.4 Å². The summed E-state index contributed by atoms with van der Waals surface area (Å²) in [5.41, 5.74) is 0.318. The summed E-state index contributed by atoms with van der Waals surface area (Å²) in [6, 6.07) is 12.7. The zero-order valence-electron chi connectivity index (χ0n) is 24.2. The van der Waals surface area contributed by atoms with Gasteiger partial charge in [0, 0.05) is 40.4 Å². The van der Waals surface area contributed by atoms with E-state index in [0.29, 0.717) is 12.1 Å². The highest BCUT2D eigenvalue weighted by atomic mass is 79.9. The first-order valence-corrected chi connectivity index (χ1v) is 17.5. The average Bonchev–Trinajstić information content (AvgIpc) is 3.22. The molecule has 0 aliphatic carbocycles. The van der Waals surface area contributed by atoms with Crippen LogP contribution in [0.5, 0.6) is 11.5 Å². The second kappa shape index (κ2) is 11.6. The maximum Gasteiger partial charge on any atom is 0.210 e. The van der Waals surface area contributed by atoms with Crippen molar-refractivity contribution in [3.63, 3.8) is 0 Å². The number of ether oxygens (including phenoxy) is 2. The second-order valence-electron chi connectivity index (χ2n) is 13.1. The molecule has 4 unspecified atom stereocenters. The maximum atomic E-state index is 13.0. The van der Waals surface area contributed by atoms with Crippen molar-refractivity contribution >= 4 is 43.4 Å². The van der Waals surface area contributed by atoms with Crippen LogP contribution < -0.4 is 9.47 Å². The zero-order valence-corrected chi connectivity index (χ0v) is 27.4. The molecule has 2 aromatic rings. The van der Waals surface area contributed by atoms with Gasteiger partial charge in [-0.1, -0.05) is 44.7 Å². The highest BCUT2D eigenvalue weighted by Crippen LogP contribution is 2.45. The molecule has 2 spiro atoms. The van der Waals surface area contributed by atoms with E-state index in [4.69, 9.17) is 9.47 Å².